The molecule has 0 saturated heterocycles. The third kappa shape index (κ3) is 3.44. The summed E-state index contributed by atoms with van der Waals surface area (Å²) in [6.07, 6.45) is 1.76. The van der Waals surface area contributed by atoms with Crippen LogP contribution >= 0.6 is 11.3 Å². The molecule has 21 heavy (non-hydrogen) atoms. The molecule has 2 aromatic rings. The fourth-order valence-corrected chi connectivity index (χ4v) is 2.99. The summed E-state index contributed by atoms with van der Waals surface area (Å²) in [4.78, 5) is 13.5. The number of amides is 1. The van der Waals surface area contributed by atoms with Crippen molar-refractivity contribution >= 4 is 22.9 Å². The molecule has 6 heteroatoms. The van der Waals surface area contributed by atoms with Gasteiger partial charge in [-0.2, -0.15) is 5.10 Å². The van der Waals surface area contributed by atoms with E-state index in [1.807, 2.05) is 11.4 Å². The predicted octanol–water partition coefficient (Wildman–Crippen LogP) is 2.71. The van der Waals surface area contributed by atoms with Gasteiger partial charge in [0, 0.05) is 16.8 Å². The lowest BCUT2D eigenvalue weighted by atomic mass is 9.91. The molecule has 0 aliphatic heterocycles. The molecular weight excluding hydrogens is 284 g/mol. The van der Waals surface area contributed by atoms with Crippen LogP contribution in [0.25, 0.3) is 0 Å². The molecule has 0 saturated carbocycles. The number of nitrogen functional groups attached to an aromatic ring is 1. The van der Waals surface area contributed by atoms with E-state index < -0.39 is 0 Å². The number of aromatic nitrogens is 2. The summed E-state index contributed by atoms with van der Waals surface area (Å²) in [5.74, 6) is -0.226. The Morgan fingerprint density at radius 3 is 2.90 bits per heavy atom. The second-order valence-corrected chi connectivity index (χ2v) is 6.71. The van der Waals surface area contributed by atoms with E-state index in [1.54, 1.807) is 11.3 Å². The number of thiophene rings is 1. The minimum absolute atomic E-state index is 0.110. The molecule has 0 aliphatic rings. The number of hydrogen-bond donors (Lipinski definition) is 3. The van der Waals surface area contributed by atoms with Crippen molar-refractivity contribution in [1.29, 1.82) is 0 Å². The summed E-state index contributed by atoms with van der Waals surface area (Å²) in [6.45, 7) is 6.82. The number of anilines is 1. The Morgan fingerprint density at radius 2 is 2.29 bits per heavy atom. The first-order valence-electron chi connectivity index (χ1n) is 7.10. The Hall–Kier alpha value is -1.82. The number of aryl methyl sites for hydroxylation is 1. The van der Waals surface area contributed by atoms with Crippen molar-refractivity contribution in [3.05, 3.63) is 33.8 Å². The van der Waals surface area contributed by atoms with Crippen molar-refractivity contribution in [3.63, 3.8) is 0 Å². The van der Waals surface area contributed by atoms with E-state index in [0.717, 1.165) is 18.5 Å². The van der Waals surface area contributed by atoms with Crippen LogP contribution in [0, 0.1) is 0 Å². The molecule has 2 heterocycles. The van der Waals surface area contributed by atoms with Crippen LogP contribution in [0.3, 0.4) is 0 Å². The van der Waals surface area contributed by atoms with Gasteiger partial charge in [-0.05, 0) is 17.9 Å². The van der Waals surface area contributed by atoms with Crippen molar-refractivity contribution in [2.24, 2.45) is 0 Å². The summed E-state index contributed by atoms with van der Waals surface area (Å²) in [7, 11) is 0. The van der Waals surface area contributed by atoms with Gasteiger partial charge in [0.2, 0.25) is 0 Å². The highest BCUT2D eigenvalue weighted by Gasteiger charge is 2.24. The highest BCUT2D eigenvalue weighted by molar-refractivity contribution is 7.10. The molecule has 0 unspecified atom stereocenters. The third-order valence-electron chi connectivity index (χ3n) is 3.48. The summed E-state index contributed by atoms with van der Waals surface area (Å²) in [5.41, 5.74) is 7.45. The van der Waals surface area contributed by atoms with Crippen LogP contribution in [-0.4, -0.2) is 22.6 Å². The van der Waals surface area contributed by atoms with Gasteiger partial charge >= 0.3 is 0 Å². The van der Waals surface area contributed by atoms with E-state index in [4.69, 9.17) is 5.73 Å². The molecular formula is C15H22N4OS. The Labute approximate surface area is 128 Å². The van der Waals surface area contributed by atoms with E-state index in [-0.39, 0.29) is 11.3 Å². The van der Waals surface area contributed by atoms with Crippen LogP contribution in [0.1, 0.15) is 48.3 Å². The highest BCUT2D eigenvalue weighted by Crippen LogP contribution is 2.26. The first-order valence-corrected chi connectivity index (χ1v) is 7.98. The van der Waals surface area contributed by atoms with Crippen LogP contribution in [0.5, 0.6) is 0 Å². The molecule has 2 rings (SSSR count). The molecule has 0 bridgehead atoms. The van der Waals surface area contributed by atoms with Gasteiger partial charge in [0.25, 0.3) is 5.91 Å². The highest BCUT2D eigenvalue weighted by atomic mass is 32.1. The molecule has 0 atom stereocenters. The van der Waals surface area contributed by atoms with Crippen molar-refractivity contribution in [3.8, 4) is 0 Å². The number of nitrogens with one attached hydrogen (secondary N) is 2. The fourth-order valence-electron chi connectivity index (χ4n) is 2.14. The molecule has 5 nitrogen and oxygen atoms in total. The third-order valence-corrected chi connectivity index (χ3v) is 4.71. The Balaban J connectivity index is 2.02. The summed E-state index contributed by atoms with van der Waals surface area (Å²) in [6, 6.07) is 4.10. The first kappa shape index (κ1) is 15.6. The molecule has 4 N–H and O–H groups in total. The van der Waals surface area contributed by atoms with E-state index in [1.165, 1.54) is 4.88 Å². The van der Waals surface area contributed by atoms with Crippen molar-refractivity contribution in [1.82, 2.24) is 15.5 Å². The number of hydrogen-bond acceptors (Lipinski definition) is 4. The minimum Gasteiger partial charge on any atom is -0.395 e. The first-order chi connectivity index (χ1) is 9.95. The molecule has 0 spiro atoms. The molecule has 0 aliphatic carbocycles. The maximum absolute atomic E-state index is 12.2. The zero-order chi connectivity index (χ0) is 15.5. The van der Waals surface area contributed by atoms with Gasteiger partial charge in [0.1, 0.15) is 0 Å². The van der Waals surface area contributed by atoms with Crippen molar-refractivity contribution < 1.29 is 4.79 Å². The second-order valence-electron chi connectivity index (χ2n) is 5.76. The SMILES string of the molecule is CCCc1[nH]nc(C(=O)NCC(C)(C)c2cccs2)c1N. The smallest absolute Gasteiger partial charge is 0.273 e. The lowest BCUT2D eigenvalue weighted by Gasteiger charge is -2.23. The number of H-pyrrole nitrogens is 1. The molecule has 2 aromatic heterocycles. The monoisotopic (exact) mass is 306 g/mol. The summed E-state index contributed by atoms with van der Waals surface area (Å²) >= 11 is 1.69. The van der Waals surface area contributed by atoms with Gasteiger partial charge in [-0.1, -0.05) is 33.3 Å². The van der Waals surface area contributed by atoms with E-state index >= 15 is 0 Å². The van der Waals surface area contributed by atoms with Crippen molar-refractivity contribution in [2.75, 3.05) is 12.3 Å². The molecule has 0 fully saturated rings. The van der Waals surface area contributed by atoms with Gasteiger partial charge in [0.15, 0.2) is 5.69 Å². The lowest BCUT2D eigenvalue weighted by molar-refractivity contribution is 0.0942. The summed E-state index contributed by atoms with van der Waals surface area (Å²) < 4.78 is 0. The van der Waals surface area contributed by atoms with Crippen LogP contribution in [0.2, 0.25) is 0 Å². The number of aromatic amines is 1. The lowest BCUT2D eigenvalue weighted by Crippen LogP contribution is -2.36. The molecule has 0 aromatic carbocycles. The topological polar surface area (TPSA) is 83.8 Å². The van der Waals surface area contributed by atoms with Crippen LogP contribution in [-0.2, 0) is 11.8 Å². The molecule has 0 radical (unpaired) electrons. The Morgan fingerprint density at radius 1 is 1.52 bits per heavy atom. The van der Waals surface area contributed by atoms with E-state index in [9.17, 15) is 4.79 Å². The standard InChI is InChI=1S/C15H22N4OS/c1-4-6-10-12(16)13(19-18-10)14(20)17-9-15(2,3)11-7-5-8-21-11/h5,7-8H,4,6,9,16H2,1-3H3,(H,17,20)(H,18,19). The van der Waals surface area contributed by atoms with Gasteiger partial charge in [0.05, 0.1) is 11.4 Å². The molecule has 1 amide bonds. The zero-order valence-corrected chi connectivity index (χ0v) is 13.5. The zero-order valence-electron chi connectivity index (χ0n) is 12.7. The summed E-state index contributed by atoms with van der Waals surface area (Å²) in [5, 5.41) is 11.9. The maximum atomic E-state index is 12.2. The Bertz CT molecular complexity index is 601. The van der Waals surface area contributed by atoms with Gasteiger partial charge in [-0.15, -0.1) is 11.3 Å². The van der Waals surface area contributed by atoms with Crippen molar-refractivity contribution in [2.45, 2.75) is 39.0 Å². The van der Waals surface area contributed by atoms with Gasteiger partial charge < -0.3 is 11.1 Å². The fraction of sp³-hybridized carbons (Fsp3) is 0.467. The predicted molar refractivity (Wildman–Crippen MR) is 86.7 cm³/mol. The number of rotatable bonds is 6. The van der Waals surface area contributed by atoms with Crippen LogP contribution in [0.4, 0.5) is 5.69 Å². The number of carbonyl (C=O) groups is 1. The van der Waals surface area contributed by atoms with Gasteiger partial charge in [-0.3, -0.25) is 9.89 Å². The minimum atomic E-state index is -0.226. The number of nitrogens with zero attached hydrogens (tertiary/aromatic N) is 1. The van der Waals surface area contributed by atoms with Crippen LogP contribution in [0.15, 0.2) is 17.5 Å². The second kappa shape index (κ2) is 6.30. The average molecular weight is 306 g/mol. The Kier molecular flexibility index (Phi) is 4.67. The molecule has 114 valence electrons. The van der Waals surface area contributed by atoms with Gasteiger partial charge in [-0.25, -0.2) is 0 Å². The van der Waals surface area contributed by atoms with Crippen LogP contribution < -0.4 is 11.1 Å². The normalized spacial score (nSPS) is 11.6. The average Bonchev–Trinajstić information content (AvgIpc) is 3.08. The maximum Gasteiger partial charge on any atom is 0.273 e. The number of carbonyl (C=O) groups excluding carboxylic acids is 1. The number of nitrogens with two attached hydrogens (primary N) is 1. The van der Waals surface area contributed by atoms with E-state index in [0.29, 0.717) is 17.9 Å². The largest absolute Gasteiger partial charge is 0.395 e. The van der Waals surface area contributed by atoms with E-state index in [2.05, 4.69) is 42.4 Å². The quantitative estimate of drug-likeness (QED) is 0.767.